The minimum Gasteiger partial charge on any atom is -0.497 e. The highest BCUT2D eigenvalue weighted by Crippen LogP contribution is 2.26. The number of anilines is 1. The highest BCUT2D eigenvalue weighted by atomic mass is 32.2. The van der Waals surface area contributed by atoms with Crippen LogP contribution in [0.1, 0.15) is 11.1 Å². The Bertz CT molecular complexity index is 765. The number of sulfonamides is 1. The number of rotatable bonds is 6. The summed E-state index contributed by atoms with van der Waals surface area (Å²) in [6.07, 6.45) is 2.29. The second-order valence-corrected chi connectivity index (χ2v) is 6.62. The van der Waals surface area contributed by atoms with Crippen molar-refractivity contribution in [1.82, 2.24) is 0 Å². The van der Waals surface area contributed by atoms with Crippen LogP contribution in [-0.4, -0.2) is 15.5 Å². The first-order valence-corrected chi connectivity index (χ1v) is 8.32. The number of allylic oxidation sites excluding steroid dienone is 1. The largest absolute Gasteiger partial charge is 0.497 e. The van der Waals surface area contributed by atoms with Crippen molar-refractivity contribution in [2.45, 2.75) is 18.2 Å². The summed E-state index contributed by atoms with van der Waals surface area (Å²) >= 11 is 0. The Morgan fingerprint density at radius 1 is 1.18 bits per heavy atom. The Labute approximate surface area is 131 Å². The van der Waals surface area contributed by atoms with Gasteiger partial charge in [-0.1, -0.05) is 29.8 Å². The first-order valence-electron chi connectivity index (χ1n) is 6.83. The number of ether oxygens (including phenoxy) is 1. The predicted octanol–water partition coefficient (Wildman–Crippen LogP) is 3.53. The molecule has 5 heteroatoms. The van der Waals surface area contributed by atoms with Crippen molar-refractivity contribution in [1.29, 1.82) is 0 Å². The smallest absolute Gasteiger partial charge is 0.261 e. The van der Waals surface area contributed by atoms with E-state index in [0.29, 0.717) is 17.9 Å². The predicted molar refractivity (Wildman–Crippen MR) is 88.9 cm³/mol. The molecule has 0 atom stereocenters. The van der Waals surface area contributed by atoms with Gasteiger partial charge in [-0.15, -0.1) is 6.58 Å². The first kappa shape index (κ1) is 16.1. The molecule has 0 unspecified atom stereocenters. The minimum atomic E-state index is -3.64. The van der Waals surface area contributed by atoms with Crippen LogP contribution < -0.4 is 9.46 Å². The third-order valence-electron chi connectivity index (χ3n) is 3.26. The van der Waals surface area contributed by atoms with Crippen LogP contribution in [-0.2, 0) is 16.4 Å². The van der Waals surface area contributed by atoms with E-state index in [1.807, 2.05) is 13.0 Å². The topological polar surface area (TPSA) is 55.4 Å². The van der Waals surface area contributed by atoms with E-state index in [2.05, 4.69) is 11.3 Å². The molecule has 0 heterocycles. The number of nitrogens with one attached hydrogen (secondary N) is 1. The van der Waals surface area contributed by atoms with E-state index in [1.54, 1.807) is 49.6 Å². The lowest BCUT2D eigenvalue weighted by Crippen LogP contribution is -2.14. The van der Waals surface area contributed by atoms with Crippen LogP contribution in [0, 0.1) is 6.92 Å². The van der Waals surface area contributed by atoms with Crippen LogP contribution in [0.3, 0.4) is 0 Å². The highest BCUT2D eigenvalue weighted by Gasteiger charge is 2.16. The maximum atomic E-state index is 12.5. The normalized spacial score (nSPS) is 11.0. The third kappa shape index (κ3) is 3.68. The van der Waals surface area contributed by atoms with Crippen LogP contribution in [0.15, 0.2) is 60.0 Å². The van der Waals surface area contributed by atoms with E-state index >= 15 is 0 Å². The fourth-order valence-electron chi connectivity index (χ4n) is 2.03. The molecule has 0 saturated heterocycles. The Kier molecular flexibility index (Phi) is 4.88. The number of hydrogen-bond acceptors (Lipinski definition) is 3. The number of hydrogen-bond donors (Lipinski definition) is 1. The van der Waals surface area contributed by atoms with Crippen LogP contribution in [0.4, 0.5) is 5.69 Å². The van der Waals surface area contributed by atoms with Gasteiger partial charge >= 0.3 is 0 Å². The van der Waals surface area contributed by atoms with Crippen molar-refractivity contribution in [3.8, 4) is 5.75 Å². The van der Waals surface area contributed by atoms with Gasteiger partial charge in [-0.05, 0) is 37.1 Å². The number of methoxy groups -OCH3 is 1. The van der Waals surface area contributed by atoms with E-state index < -0.39 is 10.0 Å². The van der Waals surface area contributed by atoms with Crippen molar-refractivity contribution in [2.75, 3.05) is 11.8 Å². The number of benzene rings is 2. The Morgan fingerprint density at radius 3 is 2.45 bits per heavy atom. The maximum Gasteiger partial charge on any atom is 0.261 e. The lowest BCUT2D eigenvalue weighted by molar-refractivity contribution is 0.415. The van der Waals surface area contributed by atoms with Crippen LogP contribution >= 0.6 is 0 Å². The quantitative estimate of drug-likeness (QED) is 0.829. The molecule has 2 aromatic carbocycles. The van der Waals surface area contributed by atoms with Crippen molar-refractivity contribution in [3.63, 3.8) is 0 Å². The Hall–Kier alpha value is -2.27. The van der Waals surface area contributed by atoms with Crippen molar-refractivity contribution >= 4 is 15.7 Å². The van der Waals surface area contributed by atoms with E-state index in [-0.39, 0.29) is 4.90 Å². The summed E-state index contributed by atoms with van der Waals surface area (Å²) in [5.41, 5.74) is 2.35. The Balaban J connectivity index is 2.39. The molecule has 116 valence electrons. The zero-order valence-corrected chi connectivity index (χ0v) is 13.5. The molecule has 2 aromatic rings. The van der Waals surface area contributed by atoms with Crippen molar-refractivity contribution in [2.24, 2.45) is 0 Å². The molecule has 0 radical (unpaired) electrons. The zero-order chi connectivity index (χ0) is 16.2. The second kappa shape index (κ2) is 6.66. The molecule has 0 amide bonds. The third-order valence-corrected chi connectivity index (χ3v) is 4.64. The summed E-state index contributed by atoms with van der Waals surface area (Å²) in [4.78, 5) is 0.227. The summed E-state index contributed by atoms with van der Waals surface area (Å²) < 4.78 is 32.8. The summed E-state index contributed by atoms with van der Waals surface area (Å²) in [5, 5.41) is 0. The Morgan fingerprint density at radius 2 is 1.86 bits per heavy atom. The summed E-state index contributed by atoms with van der Waals surface area (Å²) in [7, 11) is -2.09. The lowest BCUT2D eigenvalue weighted by Gasteiger charge is -2.13. The van der Waals surface area contributed by atoms with Gasteiger partial charge in [0.2, 0.25) is 0 Å². The van der Waals surface area contributed by atoms with Crippen molar-refractivity contribution < 1.29 is 13.2 Å². The standard InChI is InChI=1S/C17H19NO3S/c1-4-5-14-8-9-15(21-3)12-17(14)18-22(19,20)16-10-6-13(2)7-11-16/h4,6-12,18H,1,5H2,2-3H3. The van der Waals surface area contributed by atoms with E-state index in [1.165, 1.54) is 0 Å². The van der Waals surface area contributed by atoms with Gasteiger partial charge in [0.1, 0.15) is 5.75 Å². The van der Waals surface area contributed by atoms with Crippen LogP contribution in [0.5, 0.6) is 5.75 Å². The average molecular weight is 317 g/mol. The summed E-state index contributed by atoms with van der Waals surface area (Å²) in [6, 6.07) is 12.0. The molecule has 0 saturated carbocycles. The fraction of sp³-hybridized carbons (Fsp3) is 0.176. The van der Waals surface area contributed by atoms with Gasteiger partial charge in [0.25, 0.3) is 10.0 Å². The molecule has 4 nitrogen and oxygen atoms in total. The molecule has 0 spiro atoms. The average Bonchev–Trinajstić information content (AvgIpc) is 2.49. The van der Waals surface area contributed by atoms with Gasteiger partial charge in [0.15, 0.2) is 0 Å². The minimum absolute atomic E-state index is 0.227. The summed E-state index contributed by atoms with van der Waals surface area (Å²) in [6.45, 7) is 5.61. The maximum absolute atomic E-state index is 12.5. The molecular formula is C17H19NO3S. The molecule has 0 aliphatic heterocycles. The van der Waals surface area contributed by atoms with Crippen LogP contribution in [0.25, 0.3) is 0 Å². The van der Waals surface area contributed by atoms with Gasteiger partial charge in [0.05, 0.1) is 17.7 Å². The lowest BCUT2D eigenvalue weighted by atomic mass is 10.1. The summed E-state index contributed by atoms with van der Waals surface area (Å²) in [5.74, 6) is 0.592. The molecular weight excluding hydrogens is 298 g/mol. The van der Waals surface area contributed by atoms with Crippen LogP contribution in [0.2, 0.25) is 0 Å². The molecule has 0 aliphatic rings. The SMILES string of the molecule is C=CCc1ccc(OC)cc1NS(=O)(=O)c1ccc(C)cc1. The molecule has 0 aliphatic carbocycles. The molecule has 22 heavy (non-hydrogen) atoms. The van der Waals surface area contributed by atoms with E-state index in [9.17, 15) is 8.42 Å². The van der Waals surface area contributed by atoms with Crippen molar-refractivity contribution in [3.05, 3.63) is 66.2 Å². The first-order chi connectivity index (χ1) is 10.5. The number of aryl methyl sites for hydroxylation is 1. The highest BCUT2D eigenvalue weighted by molar-refractivity contribution is 7.92. The van der Waals surface area contributed by atoms with Gasteiger partial charge in [-0.3, -0.25) is 4.72 Å². The van der Waals surface area contributed by atoms with Gasteiger partial charge < -0.3 is 4.74 Å². The zero-order valence-electron chi connectivity index (χ0n) is 12.7. The van der Waals surface area contributed by atoms with Gasteiger partial charge in [0, 0.05) is 6.07 Å². The molecule has 0 bridgehead atoms. The van der Waals surface area contributed by atoms with E-state index in [0.717, 1.165) is 11.1 Å². The van der Waals surface area contributed by atoms with Gasteiger partial charge in [-0.2, -0.15) is 0 Å². The molecule has 2 rings (SSSR count). The monoisotopic (exact) mass is 317 g/mol. The fourth-order valence-corrected chi connectivity index (χ4v) is 3.12. The second-order valence-electron chi connectivity index (χ2n) is 4.93. The molecule has 1 N–H and O–H groups in total. The molecule has 0 fully saturated rings. The molecule has 0 aromatic heterocycles. The van der Waals surface area contributed by atoms with Gasteiger partial charge in [-0.25, -0.2) is 8.42 Å². The van der Waals surface area contributed by atoms with E-state index in [4.69, 9.17) is 4.74 Å².